The Labute approximate surface area is 254 Å². The number of pyridine rings is 1. The van der Waals surface area contributed by atoms with E-state index in [-0.39, 0.29) is 5.69 Å². The van der Waals surface area contributed by atoms with Crippen molar-refractivity contribution in [3.05, 3.63) is 88.6 Å². The zero-order chi connectivity index (χ0) is 30.5. The summed E-state index contributed by atoms with van der Waals surface area (Å²) in [5.74, 6) is 1.44. The first-order chi connectivity index (χ1) is 20.8. The summed E-state index contributed by atoms with van der Waals surface area (Å²) in [6.07, 6.45) is 1.70. The molecule has 0 fully saturated rings. The fraction of sp³-hybridized carbons (Fsp3) is 0.312. The van der Waals surface area contributed by atoms with Gasteiger partial charge in [0.25, 0.3) is 0 Å². The number of carbonyl (C=O) groups is 1. The van der Waals surface area contributed by atoms with Gasteiger partial charge in [-0.3, -0.25) is 5.21 Å². The lowest BCUT2D eigenvalue weighted by Crippen LogP contribution is -2.10. The SMILES string of the molecule is CCCc1nc2ccc(C(=O)OC)nc2n1Cc1ccc(-c2ccccc2SN(O)c2noc(C)c2C)c(COCC)c1. The molecule has 0 saturated carbocycles. The number of anilines is 1. The number of ether oxygens (including phenoxy) is 2. The van der Waals surface area contributed by atoms with E-state index in [1.54, 1.807) is 6.07 Å². The molecule has 0 bridgehead atoms. The van der Waals surface area contributed by atoms with Gasteiger partial charge in [0.05, 0.1) is 20.3 Å². The minimum Gasteiger partial charge on any atom is -0.464 e. The van der Waals surface area contributed by atoms with Crippen molar-refractivity contribution in [2.24, 2.45) is 0 Å². The minimum absolute atomic E-state index is 0.245. The standard InChI is InChI=1S/C32H35N5O5S/c1-6-10-29-33-26-15-16-27(32(38)40-5)34-31(26)36(29)18-22-13-14-24(23(17-22)19-41-7-2)25-11-8-9-12-28(25)43-37(39)30-20(3)21(4)42-35-30/h8-9,11-17,39H,6-7,10,18-19H2,1-5H3. The molecule has 5 rings (SSSR count). The number of aromatic nitrogens is 4. The lowest BCUT2D eigenvalue weighted by atomic mass is 9.97. The number of carbonyl (C=O) groups excluding carboxylic acids is 1. The predicted octanol–water partition coefficient (Wildman–Crippen LogP) is 6.93. The average Bonchev–Trinajstić information content (AvgIpc) is 3.54. The van der Waals surface area contributed by atoms with Gasteiger partial charge >= 0.3 is 5.97 Å². The van der Waals surface area contributed by atoms with E-state index >= 15 is 0 Å². The molecule has 11 heteroatoms. The Morgan fingerprint density at radius 3 is 2.60 bits per heavy atom. The van der Waals surface area contributed by atoms with Gasteiger partial charge in [-0.25, -0.2) is 14.8 Å². The van der Waals surface area contributed by atoms with E-state index in [0.717, 1.165) is 61.4 Å². The third-order valence-corrected chi connectivity index (χ3v) is 8.09. The molecule has 0 saturated heterocycles. The van der Waals surface area contributed by atoms with Gasteiger partial charge in [-0.1, -0.05) is 48.5 Å². The van der Waals surface area contributed by atoms with E-state index < -0.39 is 5.97 Å². The molecule has 3 heterocycles. The van der Waals surface area contributed by atoms with Gasteiger partial charge < -0.3 is 18.6 Å². The second-order valence-electron chi connectivity index (χ2n) is 10.1. The van der Waals surface area contributed by atoms with Crippen molar-refractivity contribution in [1.82, 2.24) is 19.7 Å². The maximum atomic E-state index is 12.2. The number of imidazole rings is 1. The van der Waals surface area contributed by atoms with Crippen molar-refractivity contribution in [3.63, 3.8) is 0 Å². The van der Waals surface area contributed by atoms with E-state index in [1.165, 1.54) is 19.1 Å². The molecule has 2 aromatic carbocycles. The Balaban J connectivity index is 1.52. The van der Waals surface area contributed by atoms with Gasteiger partial charge in [-0.05, 0) is 67.6 Å². The molecule has 1 N–H and O–H groups in total. The van der Waals surface area contributed by atoms with E-state index in [1.807, 2.05) is 51.1 Å². The van der Waals surface area contributed by atoms with Crippen LogP contribution in [0.4, 0.5) is 5.82 Å². The molecule has 0 unspecified atom stereocenters. The second kappa shape index (κ2) is 13.4. The topological polar surface area (TPSA) is 116 Å². The van der Waals surface area contributed by atoms with Gasteiger partial charge in [-0.15, -0.1) is 0 Å². The van der Waals surface area contributed by atoms with Crippen LogP contribution in [0.25, 0.3) is 22.3 Å². The van der Waals surface area contributed by atoms with E-state index in [0.29, 0.717) is 37.0 Å². The van der Waals surface area contributed by atoms with Crippen LogP contribution in [0.3, 0.4) is 0 Å². The molecule has 0 atom stereocenters. The highest BCUT2D eigenvalue weighted by molar-refractivity contribution is 8.00. The molecule has 0 aliphatic carbocycles. The first-order valence-corrected chi connectivity index (χ1v) is 14.9. The van der Waals surface area contributed by atoms with Gasteiger partial charge in [0.15, 0.2) is 11.3 Å². The quantitative estimate of drug-likeness (QED) is 0.0917. The Hall–Kier alpha value is -4.19. The van der Waals surface area contributed by atoms with Crippen LogP contribution in [-0.2, 0) is 29.0 Å². The zero-order valence-electron chi connectivity index (χ0n) is 25.0. The molecular formula is C32H35N5O5S. The molecular weight excluding hydrogens is 566 g/mol. The summed E-state index contributed by atoms with van der Waals surface area (Å²) in [6, 6.07) is 17.7. The van der Waals surface area contributed by atoms with Crippen LogP contribution >= 0.6 is 11.9 Å². The number of hydrogen-bond acceptors (Lipinski definition) is 10. The molecule has 0 spiro atoms. The molecule has 0 radical (unpaired) electrons. The number of rotatable bonds is 12. The molecule has 0 aliphatic rings. The number of benzene rings is 2. The number of hydrogen-bond donors (Lipinski definition) is 1. The number of aryl methyl sites for hydroxylation is 2. The summed E-state index contributed by atoms with van der Waals surface area (Å²) in [5.41, 5.74) is 6.40. The second-order valence-corrected chi connectivity index (χ2v) is 11.0. The molecule has 3 aromatic heterocycles. The highest BCUT2D eigenvalue weighted by Gasteiger charge is 2.20. The van der Waals surface area contributed by atoms with Crippen LogP contribution in [0, 0.1) is 13.8 Å². The number of methoxy groups -OCH3 is 1. The first-order valence-electron chi connectivity index (χ1n) is 14.2. The molecule has 224 valence electrons. The Morgan fingerprint density at radius 1 is 1.07 bits per heavy atom. The van der Waals surface area contributed by atoms with E-state index in [9.17, 15) is 10.0 Å². The van der Waals surface area contributed by atoms with Crippen LogP contribution in [0.2, 0.25) is 0 Å². The van der Waals surface area contributed by atoms with Gasteiger partial charge in [-0.2, -0.15) is 4.47 Å². The summed E-state index contributed by atoms with van der Waals surface area (Å²) in [7, 11) is 1.35. The van der Waals surface area contributed by atoms with Crippen LogP contribution in [-0.4, -0.2) is 44.6 Å². The van der Waals surface area contributed by atoms with Crippen molar-refractivity contribution >= 4 is 34.9 Å². The van der Waals surface area contributed by atoms with E-state index in [4.69, 9.17) is 19.0 Å². The predicted molar refractivity (Wildman–Crippen MR) is 165 cm³/mol. The first kappa shape index (κ1) is 30.3. The van der Waals surface area contributed by atoms with Crippen LogP contribution in [0.15, 0.2) is 64.0 Å². The minimum atomic E-state index is -0.484. The average molecular weight is 602 g/mol. The summed E-state index contributed by atoms with van der Waals surface area (Å²) in [6.45, 7) is 9.26. The Kier molecular flexibility index (Phi) is 9.44. The molecule has 43 heavy (non-hydrogen) atoms. The maximum Gasteiger partial charge on any atom is 0.356 e. The Bertz CT molecular complexity index is 1750. The fourth-order valence-electron chi connectivity index (χ4n) is 4.86. The van der Waals surface area contributed by atoms with Crippen LogP contribution < -0.4 is 4.47 Å². The summed E-state index contributed by atoms with van der Waals surface area (Å²) < 4.78 is 19.1. The zero-order valence-corrected chi connectivity index (χ0v) is 25.8. The summed E-state index contributed by atoms with van der Waals surface area (Å²) in [4.78, 5) is 22.5. The third kappa shape index (κ3) is 6.43. The normalized spacial score (nSPS) is 11.3. The smallest absolute Gasteiger partial charge is 0.356 e. The van der Waals surface area contributed by atoms with Gasteiger partial charge in [0, 0.05) is 35.4 Å². The fourth-order valence-corrected chi connectivity index (χ4v) is 5.72. The molecule has 0 amide bonds. The summed E-state index contributed by atoms with van der Waals surface area (Å²) >= 11 is 1.17. The van der Waals surface area contributed by atoms with Crippen molar-refractivity contribution < 1.29 is 24.0 Å². The van der Waals surface area contributed by atoms with Crippen molar-refractivity contribution in [2.75, 3.05) is 18.2 Å². The number of nitrogens with zero attached hydrogens (tertiary/aromatic N) is 5. The van der Waals surface area contributed by atoms with Crippen LogP contribution in [0.1, 0.15) is 59.0 Å². The van der Waals surface area contributed by atoms with Crippen molar-refractivity contribution in [1.29, 1.82) is 0 Å². The van der Waals surface area contributed by atoms with Crippen molar-refractivity contribution in [2.45, 2.75) is 58.6 Å². The highest BCUT2D eigenvalue weighted by Crippen LogP contribution is 2.38. The Morgan fingerprint density at radius 2 is 1.88 bits per heavy atom. The lowest BCUT2D eigenvalue weighted by molar-refractivity contribution is 0.0594. The lowest BCUT2D eigenvalue weighted by Gasteiger charge is -2.18. The largest absolute Gasteiger partial charge is 0.464 e. The monoisotopic (exact) mass is 601 g/mol. The number of fused-ring (bicyclic) bond motifs is 1. The summed E-state index contributed by atoms with van der Waals surface area (Å²) in [5, 5.41) is 14.9. The van der Waals surface area contributed by atoms with Gasteiger partial charge in [0.2, 0.25) is 5.82 Å². The van der Waals surface area contributed by atoms with E-state index in [2.05, 4.69) is 39.8 Å². The number of esters is 1. The van der Waals surface area contributed by atoms with Crippen LogP contribution in [0.5, 0.6) is 0 Å². The third-order valence-electron chi connectivity index (χ3n) is 7.19. The molecule has 10 nitrogen and oxygen atoms in total. The highest BCUT2D eigenvalue weighted by atomic mass is 32.2. The van der Waals surface area contributed by atoms with Gasteiger partial charge in [0.1, 0.15) is 17.1 Å². The molecule has 0 aliphatic heterocycles. The molecule has 5 aromatic rings. The maximum absolute atomic E-state index is 12.2. The van der Waals surface area contributed by atoms with Crippen molar-refractivity contribution in [3.8, 4) is 11.1 Å².